The molecule has 2 N–H and O–H groups in total. The standard InChI is InChI=1S/C10H9N5O5S/c16-8(4-14-3-6(1-12-14)15(19)20)11-2-9-13-7(5-21-9)10(17)18/h1,3,5H,2,4H2,(H,11,16)(H,17,18). The van der Waals surface area contributed by atoms with E-state index in [1.165, 1.54) is 5.38 Å². The second kappa shape index (κ2) is 6.09. The van der Waals surface area contributed by atoms with Crippen molar-refractivity contribution < 1.29 is 19.6 Å². The summed E-state index contributed by atoms with van der Waals surface area (Å²) in [5.41, 5.74) is -0.277. The minimum Gasteiger partial charge on any atom is -0.476 e. The maximum Gasteiger partial charge on any atom is 0.355 e. The Hall–Kier alpha value is -2.82. The summed E-state index contributed by atoms with van der Waals surface area (Å²) in [4.78, 5) is 35.9. The van der Waals surface area contributed by atoms with Gasteiger partial charge in [0.1, 0.15) is 23.9 Å². The summed E-state index contributed by atoms with van der Waals surface area (Å²) in [5.74, 6) is -1.55. The number of aromatic nitrogens is 3. The van der Waals surface area contributed by atoms with E-state index in [4.69, 9.17) is 5.11 Å². The van der Waals surface area contributed by atoms with E-state index in [9.17, 15) is 19.7 Å². The van der Waals surface area contributed by atoms with Crippen LogP contribution < -0.4 is 5.32 Å². The molecule has 0 fully saturated rings. The van der Waals surface area contributed by atoms with Crippen LogP contribution in [0.25, 0.3) is 0 Å². The Balaban J connectivity index is 1.86. The van der Waals surface area contributed by atoms with E-state index in [-0.39, 0.29) is 24.5 Å². The Morgan fingerprint density at radius 3 is 2.86 bits per heavy atom. The van der Waals surface area contributed by atoms with E-state index in [0.29, 0.717) is 5.01 Å². The highest BCUT2D eigenvalue weighted by Crippen LogP contribution is 2.10. The molecule has 0 bridgehead atoms. The van der Waals surface area contributed by atoms with Crippen LogP contribution in [0.3, 0.4) is 0 Å². The number of carboxylic acids is 1. The van der Waals surface area contributed by atoms with Gasteiger partial charge in [0.05, 0.1) is 11.5 Å². The van der Waals surface area contributed by atoms with Crippen LogP contribution in [0.5, 0.6) is 0 Å². The molecule has 0 saturated heterocycles. The van der Waals surface area contributed by atoms with Gasteiger partial charge < -0.3 is 10.4 Å². The van der Waals surface area contributed by atoms with Gasteiger partial charge in [-0.1, -0.05) is 0 Å². The number of carboxylic acid groups (broad SMARTS) is 1. The maximum absolute atomic E-state index is 11.6. The molecule has 2 aromatic heterocycles. The predicted octanol–water partition coefficient (Wildman–Crippen LogP) is 0.262. The lowest BCUT2D eigenvalue weighted by atomic mass is 10.5. The molecule has 110 valence electrons. The van der Waals surface area contributed by atoms with Crippen LogP contribution in [0.15, 0.2) is 17.8 Å². The summed E-state index contributed by atoms with van der Waals surface area (Å²) in [6.45, 7) is -0.0921. The van der Waals surface area contributed by atoms with Crippen LogP contribution in [-0.2, 0) is 17.9 Å². The second-order valence-electron chi connectivity index (χ2n) is 3.86. The lowest BCUT2D eigenvalue weighted by Gasteiger charge is -2.02. The number of hydrogen-bond acceptors (Lipinski definition) is 7. The van der Waals surface area contributed by atoms with Crippen LogP contribution in [0.2, 0.25) is 0 Å². The summed E-state index contributed by atoms with van der Waals surface area (Å²) < 4.78 is 1.14. The quantitative estimate of drug-likeness (QED) is 0.576. The van der Waals surface area contributed by atoms with Gasteiger partial charge in [0.25, 0.3) is 0 Å². The predicted molar refractivity (Wildman–Crippen MR) is 69.8 cm³/mol. The molecule has 0 atom stereocenters. The molecule has 2 aromatic rings. The number of carbonyl (C=O) groups is 2. The van der Waals surface area contributed by atoms with Gasteiger partial charge in [-0.3, -0.25) is 19.6 Å². The lowest BCUT2D eigenvalue weighted by Crippen LogP contribution is -2.27. The summed E-state index contributed by atoms with van der Waals surface area (Å²) in [5, 5.41) is 27.2. The lowest BCUT2D eigenvalue weighted by molar-refractivity contribution is -0.385. The van der Waals surface area contributed by atoms with E-state index in [0.717, 1.165) is 28.4 Å². The minimum absolute atomic E-state index is 0.0769. The summed E-state index contributed by atoms with van der Waals surface area (Å²) >= 11 is 1.12. The van der Waals surface area contributed by atoms with E-state index >= 15 is 0 Å². The smallest absolute Gasteiger partial charge is 0.355 e. The maximum atomic E-state index is 11.6. The van der Waals surface area contributed by atoms with Gasteiger partial charge in [0.2, 0.25) is 5.91 Å². The van der Waals surface area contributed by atoms with Gasteiger partial charge in [-0.15, -0.1) is 11.3 Å². The molecule has 2 heterocycles. The van der Waals surface area contributed by atoms with E-state index in [1.54, 1.807) is 0 Å². The largest absolute Gasteiger partial charge is 0.476 e. The van der Waals surface area contributed by atoms with Gasteiger partial charge in [0.15, 0.2) is 5.69 Å². The number of aromatic carboxylic acids is 1. The highest BCUT2D eigenvalue weighted by molar-refractivity contribution is 7.09. The molecule has 0 aliphatic heterocycles. The van der Waals surface area contributed by atoms with Crippen molar-refractivity contribution in [1.29, 1.82) is 0 Å². The minimum atomic E-state index is -1.13. The first-order valence-electron chi connectivity index (χ1n) is 5.57. The average Bonchev–Trinajstić information content (AvgIpc) is 3.05. The van der Waals surface area contributed by atoms with Crippen molar-refractivity contribution >= 4 is 28.9 Å². The molecule has 1 amide bonds. The molecule has 0 radical (unpaired) electrons. The Bertz CT molecular complexity index is 694. The van der Waals surface area contributed by atoms with Crippen LogP contribution in [0.4, 0.5) is 5.69 Å². The highest BCUT2D eigenvalue weighted by Gasteiger charge is 2.12. The van der Waals surface area contributed by atoms with Gasteiger partial charge in [0, 0.05) is 5.38 Å². The van der Waals surface area contributed by atoms with Gasteiger partial charge >= 0.3 is 11.7 Å². The molecule has 0 aliphatic rings. The van der Waals surface area contributed by atoms with Crippen molar-refractivity contribution in [3.05, 3.63) is 38.6 Å². The monoisotopic (exact) mass is 311 g/mol. The third kappa shape index (κ3) is 3.82. The van der Waals surface area contributed by atoms with Crippen molar-refractivity contribution in [1.82, 2.24) is 20.1 Å². The fourth-order valence-electron chi connectivity index (χ4n) is 1.40. The number of nitro groups is 1. The van der Waals surface area contributed by atoms with Crippen LogP contribution in [0, 0.1) is 10.1 Å². The van der Waals surface area contributed by atoms with Gasteiger partial charge in [-0.25, -0.2) is 9.78 Å². The molecular weight excluding hydrogens is 302 g/mol. The number of thiazole rings is 1. The fraction of sp³-hybridized carbons (Fsp3) is 0.200. The first kappa shape index (κ1) is 14.6. The zero-order valence-corrected chi connectivity index (χ0v) is 11.2. The normalized spacial score (nSPS) is 10.3. The summed E-state index contributed by atoms with van der Waals surface area (Å²) in [7, 11) is 0. The SMILES string of the molecule is O=C(Cn1cc([N+](=O)[O-])cn1)NCc1nc(C(=O)O)cs1. The van der Waals surface area contributed by atoms with Crippen molar-refractivity contribution in [2.45, 2.75) is 13.1 Å². The Morgan fingerprint density at radius 1 is 1.52 bits per heavy atom. The number of rotatable bonds is 6. The topological polar surface area (TPSA) is 140 Å². The molecule has 0 aliphatic carbocycles. The summed E-state index contributed by atoms with van der Waals surface area (Å²) in [6.07, 6.45) is 2.19. The number of nitrogens with zero attached hydrogens (tertiary/aromatic N) is 4. The number of carbonyl (C=O) groups excluding carboxylic acids is 1. The van der Waals surface area contributed by atoms with Gasteiger partial charge in [-0.2, -0.15) is 5.10 Å². The van der Waals surface area contributed by atoms with E-state index in [2.05, 4.69) is 15.4 Å². The average molecular weight is 311 g/mol. The Labute approximate surface area is 121 Å². The molecule has 0 unspecified atom stereocenters. The first-order chi connectivity index (χ1) is 9.95. The molecular formula is C10H9N5O5S. The third-order valence-electron chi connectivity index (χ3n) is 2.34. The zero-order chi connectivity index (χ0) is 15.4. The van der Waals surface area contributed by atoms with Crippen molar-refractivity contribution in [2.24, 2.45) is 0 Å². The Morgan fingerprint density at radius 2 is 2.29 bits per heavy atom. The second-order valence-corrected chi connectivity index (χ2v) is 4.80. The van der Waals surface area contributed by atoms with Crippen LogP contribution in [-0.4, -0.2) is 36.7 Å². The highest BCUT2D eigenvalue weighted by atomic mass is 32.1. The number of hydrogen-bond donors (Lipinski definition) is 2. The third-order valence-corrected chi connectivity index (χ3v) is 3.19. The van der Waals surface area contributed by atoms with E-state index in [1.807, 2.05) is 0 Å². The molecule has 21 heavy (non-hydrogen) atoms. The molecule has 11 heteroatoms. The molecule has 0 spiro atoms. The van der Waals surface area contributed by atoms with Crippen molar-refractivity contribution in [2.75, 3.05) is 0 Å². The van der Waals surface area contributed by atoms with Crippen molar-refractivity contribution in [3.63, 3.8) is 0 Å². The van der Waals surface area contributed by atoms with Crippen molar-refractivity contribution in [3.8, 4) is 0 Å². The number of amides is 1. The van der Waals surface area contributed by atoms with Crippen LogP contribution >= 0.6 is 11.3 Å². The van der Waals surface area contributed by atoms with Crippen LogP contribution in [0.1, 0.15) is 15.5 Å². The summed E-state index contributed by atoms with van der Waals surface area (Å²) in [6, 6.07) is 0. The molecule has 10 nitrogen and oxygen atoms in total. The first-order valence-corrected chi connectivity index (χ1v) is 6.45. The fourth-order valence-corrected chi connectivity index (χ4v) is 2.11. The molecule has 0 saturated carbocycles. The molecule has 2 rings (SSSR count). The number of nitrogens with one attached hydrogen (secondary N) is 1. The molecule has 0 aromatic carbocycles. The Kier molecular flexibility index (Phi) is 4.23. The van der Waals surface area contributed by atoms with E-state index < -0.39 is 16.8 Å². The van der Waals surface area contributed by atoms with Gasteiger partial charge in [-0.05, 0) is 0 Å². The zero-order valence-electron chi connectivity index (χ0n) is 10.4.